The van der Waals surface area contributed by atoms with E-state index in [0.717, 1.165) is 6.26 Å². The molecule has 70 valence electrons. The second kappa shape index (κ2) is 3.30. The fourth-order valence-corrected chi connectivity index (χ4v) is 1.63. The van der Waals surface area contributed by atoms with Crippen molar-refractivity contribution in [3.63, 3.8) is 0 Å². The number of rotatable bonds is 1. The summed E-state index contributed by atoms with van der Waals surface area (Å²) in [6.45, 7) is 1.71. The molecule has 1 aromatic rings. The Hall–Kier alpha value is -1.16. The third-order valence-corrected chi connectivity index (χ3v) is 2.60. The summed E-state index contributed by atoms with van der Waals surface area (Å²) in [5.41, 5.74) is 0.933. The summed E-state index contributed by atoms with van der Waals surface area (Å²) in [4.78, 5) is 11.3. The molecule has 1 aromatic carbocycles. The van der Waals surface area contributed by atoms with Gasteiger partial charge in [0.15, 0.2) is 0 Å². The highest BCUT2D eigenvalue weighted by Gasteiger charge is 2.19. The van der Waals surface area contributed by atoms with Crippen LogP contribution in [-0.4, -0.2) is 19.8 Å². The molecule has 0 saturated carbocycles. The molecule has 0 aliphatic rings. The molecule has 0 atom stereocenters. The van der Waals surface area contributed by atoms with E-state index in [1.54, 1.807) is 25.1 Å². The lowest BCUT2D eigenvalue weighted by atomic mass is 10.1. The predicted octanol–water partition coefficient (Wildman–Crippen LogP) is 1.18. The van der Waals surface area contributed by atoms with Crippen molar-refractivity contribution in [1.82, 2.24) is 0 Å². The van der Waals surface area contributed by atoms with Crippen LogP contribution in [0.1, 0.15) is 15.9 Å². The molecule has 0 fully saturated rings. The lowest BCUT2D eigenvalue weighted by molar-refractivity contribution is 0.107. The van der Waals surface area contributed by atoms with Crippen LogP contribution in [0.5, 0.6) is 0 Å². The molecule has 0 aliphatic carbocycles. The molecule has 0 unspecified atom stereocenters. The van der Waals surface area contributed by atoms with E-state index in [1.807, 2.05) is 0 Å². The first-order valence-corrected chi connectivity index (χ1v) is 5.62. The van der Waals surface area contributed by atoms with Gasteiger partial charge in [0.1, 0.15) is 0 Å². The van der Waals surface area contributed by atoms with Crippen molar-refractivity contribution >= 4 is 15.0 Å². The standard InChI is InChI=1S/C9H10O3S/c1-7-5-3-4-6-8(7)9(10)13(2,11)12/h3-6H,1-2H3. The van der Waals surface area contributed by atoms with E-state index in [-0.39, 0.29) is 5.56 Å². The number of benzene rings is 1. The zero-order chi connectivity index (χ0) is 10.1. The Kier molecular flexibility index (Phi) is 2.52. The zero-order valence-electron chi connectivity index (χ0n) is 7.44. The number of carbonyl (C=O) groups excluding carboxylic acids is 1. The summed E-state index contributed by atoms with van der Waals surface area (Å²) < 4.78 is 21.9. The zero-order valence-corrected chi connectivity index (χ0v) is 8.26. The summed E-state index contributed by atoms with van der Waals surface area (Å²) in [5.74, 6) is 0. The number of carbonyl (C=O) groups is 1. The van der Waals surface area contributed by atoms with Crippen molar-refractivity contribution in [2.24, 2.45) is 0 Å². The third-order valence-electron chi connectivity index (χ3n) is 1.70. The van der Waals surface area contributed by atoms with E-state index in [0.29, 0.717) is 5.56 Å². The van der Waals surface area contributed by atoms with Crippen molar-refractivity contribution in [3.8, 4) is 0 Å². The minimum absolute atomic E-state index is 0.255. The van der Waals surface area contributed by atoms with Crippen molar-refractivity contribution in [1.29, 1.82) is 0 Å². The van der Waals surface area contributed by atoms with Gasteiger partial charge in [0.25, 0.3) is 5.12 Å². The van der Waals surface area contributed by atoms with Gasteiger partial charge >= 0.3 is 0 Å². The van der Waals surface area contributed by atoms with Crippen molar-refractivity contribution in [2.45, 2.75) is 6.92 Å². The molecule has 0 saturated heterocycles. The van der Waals surface area contributed by atoms with Crippen LogP contribution in [0.15, 0.2) is 24.3 Å². The lowest BCUT2D eigenvalue weighted by Gasteiger charge is -2.01. The molecular weight excluding hydrogens is 188 g/mol. The van der Waals surface area contributed by atoms with Crippen LogP contribution in [0, 0.1) is 6.92 Å². The molecule has 13 heavy (non-hydrogen) atoms. The van der Waals surface area contributed by atoms with Crippen LogP contribution in [0.25, 0.3) is 0 Å². The molecule has 3 nitrogen and oxygen atoms in total. The largest absolute Gasteiger partial charge is 0.276 e. The van der Waals surface area contributed by atoms with Crippen LogP contribution in [0.4, 0.5) is 0 Å². The van der Waals surface area contributed by atoms with Gasteiger partial charge in [-0.25, -0.2) is 8.42 Å². The second-order valence-electron chi connectivity index (χ2n) is 2.87. The molecule has 0 aliphatic heterocycles. The second-order valence-corrected chi connectivity index (χ2v) is 4.79. The Labute approximate surface area is 77.3 Å². The SMILES string of the molecule is Cc1ccccc1C(=O)S(C)(=O)=O. The fraction of sp³-hybridized carbons (Fsp3) is 0.222. The fourth-order valence-electron chi connectivity index (χ4n) is 1.00. The molecule has 1 rings (SSSR count). The summed E-state index contributed by atoms with van der Waals surface area (Å²) >= 11 is 0. The number of hydrogen-bond donors (Lipinski definition) is 0. The Morgan fingerprint density at radius 2 is 1.77 bits per heavy atom. The first-order valence-electron chi connectivity index (χ1n) is 3.73. The summed E-state index contributed by atoms with van der Waals surface area (Å²) in [6.07, 6.45) is 0.918. The topological polar surface area (TPSA) is 51.2 Å². The van der Waals surface area contributed by atoms with Gasteiger partial charge in [-0.2, -0.15) is 0 Å². The van der Waals surface area contributed by atoms with E-state index in [9.17, 15) is 13.2 Å². The molecule has 0 aromatic heterocycles. The van der Waals surface area contributed by atoms with Crippen LogP contribution in [0.2, 0.25) is 0 Å². The van der Waals surface area contributed by atoms with Crippen molar-refractivity contribution < 1.29 is 13.2 Å². The average Bonchev–Trinajstić information content (AvgIpc) is 2.02. The van der Waals surface area contributed by atoms with Gasteiger partial charge in [0.2, 0.25) is 9.84 Å². The van der Waals surface area contributed by atoms with Crippen molar-refractivity contribution in [3.05, 3.63) is 35.4 Å². The highest BCUT2D eigenvalue weighted by molar-refractivity contribution is 8.06. The van der Waals surface area contributed by atoms with Gasteiger partial charge in [-0.05, 0) is 12.5 Å². The molecule has 0 spiro atoms. The third kappa shape index (κ3) is 2.15. The smallest absolute Gasteiger partial charge is 0.276 e. The normalized spacial score (nSPS) is 11.2. The van der Waals surface area contributed by atoms with Crippen LogP contribution in [-0.2, 0) is 9.84 Å². The monoisotopic (exact) mass is 198 g/mol. The Balaban J connectivity index is 3.26. The molecular formula is C9H10O3S. The van der Waals surface area contributed by atoms with E-state index in [1.165, 1.54) is 6.07 Å². The Bertz CT molecular complexity index is 432. The first-order chi connectivity index (χ1) is 5.93. The van der Waals surface area contributed by atoms with E-state index in [4.69, 9.17) is 0 Å². The average molecular weight is 198 g/mol. The number of hydrogen-bond acceptors (Lipinski definition) is 3. The van der Waals surface area contributed by atoms with Gasteiger partial charge in [0, 0.05) is 11.8 Å². The quantitative estimate of drug-likeness (QED) is 0.680. The molecule has 0 radical (unpaired) electrons. The van der Waals surface area contributed by atoms with Gasteiger partial charge in [-0.15, -0.1) is 0 Å². The lowest BCUT2D eigenvalue weighted by Crippen LogP contribution is -2.13. The minimum atomic E-state index is -3.62. The Morgan fingerprint density at radius 1 is 1.23 bits per heavy atom. The van der Waals surface area contributed by atoms with Crippen LogP contribution in [0.3, 0.4) is 0 Å². The summed E-state index contributed by atoms with van der Waals surface area (Å²) in [5, 5.41) is -0.814. The van der Waals surface area contributed by atoms with E-state index in [2.05, 4.69) is 0 Å². The van der Waals surface area contributed by atoms with Gasteiger partial charge in [-0.1, -0.05) is 24.3 Å². The minimum Gasteiger partial charge on any atom is -0.276 e. The molecule has 0 amide bonds. The van der Waals surface area contributed by atoms with Crippen molar-refractivity contribution in [2.75, 3.05) is 6.26 Å². The van der Waals surface area contributed by atoms with Gasteiger partial charge in [-0.3, -0.25) is 4.79 Å². The first kappa shape index (κ1) is 9.92. The maximum Gasteiger partial charge on any atom is 0.276 e. The Morgan fingerprint density at radius 3 is 2.23 bits per heavy atom. The summed E-state index contributed by atoms with van der Waals surface area (Å²) in [7, 11) is -3.62. The number of sulfone groups is 1. The highest BCUT2D eigenvalue weighted by atomic mass is 32.2. The molecule has 0 bridgehead atoms. The molecule has 0 heterocycles. The van der Waals surface area contributed by atoms with Gasteiger partial charge < -0.3 is 0 Å². The van der Waals surface area contributed by atoms with E-state index < -0.39 is 15.0 Å². The van der Waals surface area contributed by atoms with Crippen LogP contribution >= 0.6 is 0 Å². The van der Waals surface area contributed by atoms with Crippen LogP contribution < -0.4 is 0 Å². The highest BCUT2D eigenvalue weighted by Crippen LogP contribution is 2.10. The van der Waals surface area contributed by atoms with E-state index >= 15 is 0 Å². The summed E-state index contributed by atoms with van der Waals surface area (Å²) in [6, 6.07) is 6.62. The van der Waals surface area contributed by atoms with Gasteiger partial charge in [0.05, 0.1) is 0 Å². The predicted molar refractivity (Wildman–Crippen MR) is 50.4 cm³/mol. The number of aryl methyl sites for hydroxylation is 1. The maximum absolute atomic E-state index is 11.3. The maximum atomic E-state index is 11.3. The molecule has 0 N–H and O–H groups in total. The molecule has 4 heteroatoms.